The van der Waals surface area contributed by atoms with Crippen molar-refractivity contribution in [3.63, 3.8) is 0 Å². The molecule has 0 amide bonds. The molecule has 0 bridgehead atoms. The molecule has 0 radical (unpaired) electrons. The fraction of sp³-hybridized carbons (Fsp3) is 0.647. The van der Waals surface area contributed by atoms with Gasteiger partial charge >= 0.3 is 0 Å². The molecule has 1 saturated heterocycles. The number of anilines is 1. The van der Waals surface area contributed by atoms with Gasteiger partial charge < -0.3 is 10.2 Å². The maximum Gasteiger partial charge on any atom is 0.0396 e. The largest absolute Gasteiger partial charge is 0.371 e. The minimum Gasteiger partial charge on any atom is -0.371 e. The van der Waals surface area contributed by atoms with E-state index < -0.39 is 0 Å². The first kappa shape index (κ1) is 14.4. The third-order valence-electron chi connectivity index (χ3n) is 4.59. The lowest BCUT2D eigenvalue weighted by Gasteiger charge is -2.45. The normalized spacial score (nSPS) is 22.6. The zero-order chi connectivity index (χ0) is 14.0. The summed E-state index contributed by atoms with van der Waals surface area (Å²) >= 11 is 0. The van der Waals surface area contributed by atoms with E-state index in [1.807, 2.05) is 0 Å². The van der Waals surface area contributed by atoms with Crippen LogP contribution in [0, 0.1) is 25.2 Å². The molecule has 1 aliphatic heterocycles. The van der Waals surface area contributed by atoms with Gasteiger partial charge in [-0.3, -0.25) is 0 Å². The highest BCUT2D eigenvalue weighted by molar-refractivity contribution is 5.55. The molecule has 19 heavy (non-hydrogen) atoms. The first-order valence-corrected chi connectivity index (χ1v) is 7.41. The standard InChI is InChI=1S/C17H28N2/c1-13-6-7-16(14(2)10-13)19-9-8-15(11-18-5)17(3,4)12-19/h6-7,10,15,18H,8-9,11-12H2,1-5H3. The minimum absolute atomic E-state index is 0.374. The zero-order valence-electron chi connectivity index (χ0n) is 13.1. The Balaban J connectivity index is 2.16. The smallest absolute Gasteiger partial charge is 0.0396 e. The number of aryl methyl sites for hydroxylation is 2. The summed E-state index contributed by atoms with van der Waals surface area (Å²) in [7, 11) is 2.06. The van der Waals surface area contributed by atoms with E-state index in [1.165, 1.54) is 29.8 Å². The molecule has 0 spiro atoms. The van der Waals surface area contributed by atoms with Gasteiger partial charge in [0.1, 0.15) is 0 Å². The molecule has 1 aromatic carbocycles. The first-order chi connectivity index (χ1) is 8.94. The Kier molecular flexibility index (Phi) is 4.19. The Morgan fingerprint density at radius 1 is 1.32 bits per heavy atom. The Bertz CT molecular complexity index is 437. The van der Waals surface area contributed by atoms with E-state index in [4.69, 9.17) is 0 Å². The average Bonchev–Trinajstić information content (AvgIpc) is 2.31. The van der Waals surface area contributed by atoms with Crippen molar-refractivity contribution < 1.29 is 0 Å². The number of piperidine rings is 1. The van der Waals surface area contributed by atoms with Crippen molar-refractivity contribution >= 4 is 5.69 Å². The molecule has 2 nitrogen and oxygen atoms in total. The lowest BCUT2D eigenvalue weighted by atomic mass is 9.73. The van der Waals surface area contributed by atoms with Crippen molar-refractivity contribution in [1.29, 1.82) is 0 Å². The van der Waals surface area contributed by atoms with E-state index in [2.05, 4.69) is 63.2 Å². The molecular formula is C17H28N2. The third kappa shape index (κ3) is 3.11. The Hall–Kier alpha value is -1.02. The topological polar surface area (TPSA) is 15.3 Å². The molecule has 2 rings (SSSR count). The van der Waals surface area contributed by atoms with Gasteiger partial charge in [0.25, 0.3) is 0 Å². The second kappa shape index (κ2) is 5.54. The van der Waals surface area contributed by atoms with E-state index in [0.717, 1.165) is 19.0 Å². The van der Waals surface area contributed by atoms with Gasteiger partial charge in [-0.25, -0.2) is 0 Å². The molecule has 1 aliphatic rings. The molecule has 0 aromatic heterocycles. The second-order valence-electron chi connectivity index (χ2n) is 6.74. The minimum atomic E-state index is 0.374. The summed E-state index contributed by atoms with van der Waals surface area (Å²) in [5.74, 6) is 0.777. The average molecular weight is 260 g/mol. The van der Waals surface area contributed by atoms with Gasteiger partial charge in [0, 0.05) is 18.8 Å². The van der Waals surface area contributed by atoms with Crippen LogP contribution in [0.3, 0.4) is 0 Å². The van der Waals surface area contributed by atoms with E-state index in [1.54, 1.807) is 0 Å². The van der Waals surface area contributed by atoms with Crippen LogP contribution in [0.1, 0.15) is 31.4 Å². The molecule has 1 heterocycles. The predicted molar refractivity (Wildman–Crippen MR) is 83.9 cm³/mol. The van der Waals surface area contributed by atoms with Gasteiger partial charge in [0.05, 0.1) is 0 Å². The Morgan fingerprint density at radius 2 is 2.05 bits per heavy atom. The summed E-state index contributed by atoms with van der Waals surface area (Å²) in [6, 6.07) is 6.82. The van der Waals surface area contributed by atoms with Crippen LogP contribution in [0.2, 0.25) is 0 Å². The van der Waals surface area contributed by atoms with Crippen LogP contribution < -0.4 is 10.2 Å². The van der Waals surface area contributed by atoms with E-state index in [9.17, 15) is 0 Å². The molecule has 1 atom stereocenters. The fourth-order valence-electron chi connectivity index (χ4n) is 3.39. The number of nitrogens with zero attached hydrogens (tertiary/aromatic N) is 1. The van der Waals surface area contributed by atoms with Crippen LogP contribution in [0.25, 0.3) is 0 Å². The summed E-state index contributed by atoms with van der Waals surface area (Å²) in [5, 5.41) is 3.35. The summed E-state index contributed by atoms with van der Waals surface area (Å²) in [5.41, 5.74) is 4.55. The lowest BCUT2D eigenvalue weighted by molar-refractivity contribution is 0.174. The van der Waals surface area contributed by atoms with Crippen molar-refractivity contribution in [3.8, 4) is 0 Å². The molecule has 1 fully saturated rings. The molecule has 0 saturated carbocycles. The summed E-state index contributed by atoms with van der Waals surface area (Å²) < 4.78 is 0. The third-order valence-corrected chi connectivity index (χ3v) is 4.59. The summed E-state index contributed by atoms with van der Waals surface area (Å²) in [4.78, 5) is 2.57. The van der Waals surface area contributed by atoms with Gasteiger partial charge in [-0.1, -0.05) is 31.5 Å². The SMILES string of the molecule is CNCC1CCN(c2ccc(C)cc2C)CC1(C)C. The first-order valence-electron chi connectivity index (χ1n) is 7.41. The van der Waals surface area contributed by atoms with Crippen LogP contribution >= 0.6 is 0 Å². The number of nitrogens with one attached hydrogen (secondary N) is 1. The molecule has 1 N–H and O–H groups in total. The summed E-state index contributed by atoms with van der Waals surface area (Å²) in [6.45, 7) is 12.7. The predicted octanol–water partition coefficient (Wildman–Crippen LogP) is 3.38. The van der Waals surface area contributed by atoms with E-state index in [0.29, 0.717) is 5.41 Å². The molecule has 1 aromatic rings. The van der Waals surface area contributed by atoms with Crippen molar-refractivity contribution in [2.75, 3.05) is 31.6 Å². The number of rotatable bonds is 3. The van der Waals surface area contributed by atoms with E-state index in [-0.39, 0.29) is 0 Å². The maximum atomic E-state index is 3.35. The molecule has 1 unspecified atom stereocenters. The molecule has 0 aliphatic carbocycles. The van der Waals surface area contributed by atoms with Gasteiger partial charge in [0.15, 0.2) is 0 Å². The monoisotopic (exact) mass is 260 g/mol. The van der Waals surface area contributed by atoms with Gasteiger partial charge in [-0.15, -0.1) is 0 Å². The van der Waals surface area contributed by atoms with Crippen molar-refractivity contribution in [3.05, 3.63) is 29.3 Å². The molecule has 106 valence electrons. The second-order valence-corrected chi connectivity index (χ2v) is 6.74. The Morgan fingerprint density at radius 3 is 2.63 bits per heavy atom. The van der Waals surface area contributed by atoms with Gasteiger partial charge in [-0.2, -0.15) is 0 Å². The quantitative estimate of drug-likeness (QED) is 0.896. The van der Waals surface area contributed by atoms with Crippen LogP contribution in [-0.4, -0.2) is 26.7 Å². The van der Waals surface area contributed by atoms with Crippen LogP contribution in [0.4, 0.5) is 5.69 Å². The van der Waals surface area contributed by atoms with Crippen molar-refractivity contribution in [1.82, 2.24) is 5.32 Å². The Labute approximate surface area is 118 Å². The van der Waals surface area contributed by atoms with Gasteiger partial charge in [-0.05, 0) is 56.8 Å². The van der Waals surface area contributed by atoms with E-state index >= 15 is 0 Å². The number of hydrogen-bond acceptors (Lipinski definition) is 2. The number of hydrogen-bond donors (Lipinski definition) is 1. The van der Waals surface area contributed by atoms with Crippen LogP contribution in [0.15, 0.2) is 18.2 Å². The molecular weight excluding hydrogens is 232 g/mol. The van der Waals surface area contributed by atoms with Crippen molar-refractivity contribution in [2.24, 2.45) is 11.3 Å². The maximum absolute atomic E-state index is 3.35. The zero-order valence-corrected chi connectivity index (χ0v) is 13.1. The lowest BCUT2D eigenvalue weighted by Crippen LogP contribution is -2.48. The van der Waals surface area contributed by atoms with Gasteiger partial charge in [0.2, 0.25) is 0 Å². The fourth-order valence-corrected chi connectivity index (χ4v) is 3.39. The van der Waals surface area contributed by atoms with Crippen molar-refractivity contribution in [2.45, 2.75) is 34.1 Å². The van der Waals surface area contributed by atoms with Crippen LogP contribution in [0.5, 0.6) is 0 Å². The number of benzene rings is 1. The molecule has 2 heteroatoms. The highest BCUT2D eigenvalue weighted by Gasteiger charge is 2.35. The summed E-state index contributed by atoms with van der Waals surface area (Å²) in [6.07, 6.45) is 1.28. The highest BCUT2D eigenvalue weighted by atomic mass is 15.1. The van der Waals surface area contributed by atoms with Crippen LogP contribution in [-0.2, 0) is 0 Å². The highest BCUT2D eigenvalue weighted by Crippen LogP contribution is 2.37.